The Kier molecular flexibility index (Phi) is 6.30. The molecule has 5 nitrogen and oxygen atoms in total. The van der Waals surface area contributed by atoms with Gasteiger partial charge in [0, 0.05) is 5.57 Å². The van der Waals surface area contributed by atoms with E-state index in [-0.39, 0.29) is 35.8 Å². The van der Waals surface area contributed by atoms with Crippen molar-refractivity contribution in [3.05, 3.63) is 54.1 Å². The number of hydrogen-bond donors (Lipinski definition) is 1. The molecule has 0 aliphatic carbocycles. The second kappa shape index (κ2) is 8.44. The maximum Gasteiger partial charge on any atom is 0.338 e. The third-order valence-electron chi connectivity index (χ3n) is 3.38. The molecule has 0 fully saturated rings. The zero-order valence-electron chi connectivity index (χ0n) is 14.3. The van der Waals surface area contributed by atoms with Crippen molar-refractivity contribution in [2.45, 2.75) is 6.92 Å². The lowest BCUT2D eigenvalue weighted by molar-refractivity contribution is -0.130. The largest absolute Gasteiger partial charge is 0.493 e. The fourth-order valence-electron chi connectivity index (χ4n) is 2.13. The van der Waals surface area contributed by atoms with E-state index >= 15 is 0 Å². The number of ether oxygens (including phenoxy) is 3. The summed E-state index contributed by atoms with van der Waals surface area (Å²) in [6, 6.07) is 6.69. The highest BCUT2D eigenvalue weighted by molar-refractivity contribution is 5.89. The molecule has 0 unspecified atom stereocenters. The second-order valence-corrected chi connectivity index (χ2v) is 5.38. The summed E-state index contributed by atoms with van der Waals surface area (Å²) >= 11 is 0. The Morgan fingerprint density at radius 2 is 1.77 bits per heavy atom. The fraction of sp³-hybridized carbons (Fsp3) is 0.211. The highest BCUT2D eigenvalue weighted by Crippen LogP contribution is 2.35. The van der Waals surface area contributed by atoms with Crippen LogP contribution in [0, 0.1) is 11.6 Å². The van der Waals surface area contributed by atoms with Gasteiger partial charge in [-0.25, -0.2) is 13.6 Å². The number of carbonyl (C=O) groups is 1. The van der Waals surface area contributed by atoms with Crippen LogP contribution < -0.4 is 14.2 Å². The van der Waals surface area contributed by atoms with Crippen molar-refractivity contribution < 1.29 is 32.9 Å². The number of aliphatic hydroxyl groups is 1. The number of benzene rings is 2. The molecule has 2 rings (SSSR count). The third kappa shape index (κ3) is 4.37. The van der Waals surface area contributed by atoms with E-state index in [0.29, 0.717) is 5.56 Å². The zero-order valence-corrected chi connectivity index (χ0v) is 14.3. The van der Waals surface area contributed by atoms with Crippen molar-refractivity contribution in [3.8, 4) is 28.4 Å². The molecule has 0 aliphatic heterocycles. The standard InChI is InChI=1S/C19H18F2O5/c1-11(2)19(23)26-16-5-4-12(10-17(16)24-3)13-8-14(20)18(15(21)9-13)25-7-6-22/h4-5,8-10,22H,1,6-7H2,2-3H3. The van der Waals surface area contributed by atoms with E-state index in [4.69, 9.17) is 19.3 Å². The summed E-state index contributed by atoms with van der Waals surface area (Å²) in [6.07, 6.45) is 0. The van der Waals surface area contributed by atoms with Crippen molar-refractivity contribution in [1.29, 1.82) is 0 Å². The Balaban J connectivity index is 2.37. The lowest BCUT2D eigenvalue weighted by Gasteiger charge is -2.12. The normalized spacial score (nSPS) is 10.3. The third-order valence-corrected chi connectivity index (χ3v) is 3.38. The summed E-state index contributed by atoms with van der Waals surface area (Å²) in [4.78, 5) is 11.6. The predicted molar refractivity (Wildman–Crippen MR) is 91.4 cm³/mol. The van der Waals surface area contributed by atoms with E-state index in [0.717, 1.165) is 12.1 Å². The molecular weight excluding hydrogens is 346 g/mol. The van der Waals surface area contributed by atoms with Gasteiger partial charge < -0.3 is 19.3 Å². The highest BCUT2D eigenvalue weighted by Gasteiger charge is 2.16. The van der Waals surface area contributed by atoms with Gasteiger partial charge in [0.1, 0.15) is 6.61 Å². The minimum Gasteiger partial charge on any atom is -0.493 e. The van der Waals surface area contributed by atoms with Crippen molar-refractivity contribution in [1.82, 2.24) is 0 Å². The lowest BCUT2D eigenvalue weighted by atomic mass is 10.0. The van der Waals surface area contributed by atoms with E-state index in [1.807, 2.05) is 0 Å². The summed E-state index contributed by atoms with van der Waals surface area (Å²) in [5, 5.41) is 8.70. The van der Waals surface area contributed by atoms with Crippen LogP contribution in [-0.4, -0.2) is 31.4 Å². The van der Waals surface area contributed by atoms with Crippen molar-refractivity contribution in [2.75, 3.05) is 20.3 Å². The van der Waals surface area contributed by atoms with Gasteiger partial charge in [0.25, 0.3) is 0 Å². The second-order valence-electron chi connectivity index (χ2n) is 5.38. The minimum atomic E-state index is -0.898. The maximum atomic E-state index is 14.1. The van der Waals surface area contributed by atoms with Gasteiger partial charge in [0.15, 0.2) is 28.9 Å². The molecule has 0 spiro atoms. The van der Waals surface area contributed by atoms with Crippen LogP contribution in [0.1, 0.15) is 6.92 Å². The first kappa shape index (κ1) is 19.4. The number of aliphatic hydroxyl groups excluding tert-OH is 1. The van der Waals surface area contributed by atoms with Crippen LogP contribution in [0.5, 0.6) is 17.2 Å². The molecule has 0 amide bonds. The van der Waals surface area contributed by atoms with Gasteiger partial charge in [-0.15, -0.1) is 0 Å². The van der Waals surface area contributed by atoms with Crippen LogP contribution in [0.2, 0.25) is 0 Å². The van der Waals surface area contributed by atoms with Crippen LogP contribution in [0.3, 0.4) is 0 Å². The Labute approximate surface area is 149 Å². The Hall–Kier alpha value is -2.93. The van der Waals surface area contributed by atoms with E-state index < -0.39 is 23.4 Å². The van der Waals surface area contributed by atoms with Gasteiger partial charge in [-0.1, -0.05) is 12.6 Å². The monoisotopic (exact) mass is 364 g/mol. The minimum absolute atomic E-state index is 0.160. The molecule has 2 aromatic rings. The molecule has 0 saturated carbocycles. The molecule has 7 heteroatoms. The molecule has 26 heavy (non-hydrogen) atoms. The van der Waals surface area contributed by atoms with Crippen LogP contribution in [0.15, 0.2) is 42.5 Å². The topological polar surface area (TPSA) is 65.0 Å². The summed E-state index contributed by atoms with van der Waals surface area (Å²) in [6.45, 7) is 4.43. The van der Waals surface area contributed by atoms with Crippen molar-refractivity contribution in [3.63, 3.8) is 0 Å². The smallest absolute Gasteiger partial charge is 0.338 e. The van der Waals surface area contributed by atoms with Gasteiger partial charge >= 0.3 is 5.97 Å². The fourth-order valence-corrected chi connectivity index (χ4v) is 2.13. The molecule has 0 heterocycles. The van der Waals surface area contributed by atoms with Crippen molar-refractivity contribution >= 4 is 5.97 Å². The SMILES string of the molecule is C=C(C)C(=O)Oc1ccc(-c2cc(F)c(OCCO)c(F)c2)cc1OC. The van der Waals surface area contributed by atoms with Crippen LogP contribution in [-0.2, 0) is 4.79 Å². The first-order valence-corrected chi connectivity index (χ1v) is 7.66. The molecule has 0 aromatic heterocycles. The number of hydrogen-bond acceptors (Lipinski definition) is 5. The highest BCUT2D eigenvalue weighted by atomic mass is 19.1. The van der Waals surface area contributed by atoms with Gasteiger partial charge in [-0.05, 0) is 42.3 Å². The average molecular weight is 364 g/mol. The summed E-state index contributed by atoms with van der Waals surface area (Å²) in [5.41, 5.74) is 0.912. The average Bonchev–Trinajstić information content (AvgIpc) is 2.61. The molecule has 0 radical (unpaired) electrons. The lowest BCUT2D eigenvalue weighted by Crippen LogP contribution is -2.09. The predicted octanol–water partition coefficient (Wildman–Crippen LogP) is 3.49. The summed E-state index contributed by atoms with van der Waals surface area (Å²) in [7, 11) is 1.38. The van der Waals surface area contributed by atoms with Crippen LogP contribution >= 0.6 is 0 Å². The number of methoxy groups -OCH3 is 1. The Morgan fingerprint density at radius 3 is 2.31 bits per heavy atom. The first-order chi connectivity index (χ1) is 12.4. The number of carbonyl (C=O) groups excluding carboxylic acids is 1. The Bertz CT molecular complexity index is 810. The molecule has 0 saturated heterocycles. The molecule has 2 aromatic carbocycles. The summed E-state index contributed by atoms with van der Waals surface area (Å²) in [5.74, 6) is -2.58. The van der Waals surface area contributed by atoms with Gasteiger partial charge in [0.2, 0.25) is 0 Å². The molecule has 0 atom stereocenters. The number of rotatable bonds is 7. The molecule has 0 aliphatic rings. The van der Waals surface area contributed by atoms with Crippen LogP contribution in [0.4, 0.5) is 8.78 Å². The van der Waals surface area contributed by atoms with E-state index in [1.165, 1.54) is 32.2 Å². The molecular formula is C19H18F2O5. The van der Waals surface area contributed by atoms with E-state index in [1.54, 1.807) is 0 Å². The van der Waals surface area contributed by atoms with E-state index in [2.05, 4.69) is 6.58 Å². The van der Waals surface area contributed by atoms with Gasteiger partial charge in [0.05, 0.1) is 13.7 Å². The number of halogens is 2. The maximum absolute atomic E-state index is 14.1. The molecule has 1 N–H and O–H groups in total. The zero-order chi connectivity index (χ0) is 19.3. The first-order valence-electron chi connectivity index (χ1n) is 7.66. The number of esters is 1. The molecule has 0 bridgehead atoms. The van der Waals surface area contributed by atoms with Gasteiger partial charge in [-0.3, -0.25) is 0 Å². The van der Waals surface area contributed by atoms with E-state index in [9.17, 15) is 13.6 Å². The molecule has 138 valence electrons. The quantitative estimate of drug-likeness (QED) is 0.463. The van der Waals surface area contributed by atoms with Crippen LogP contribution in [0.25, 0.3) is 11.1 Å². The Morgan fingerprint density at radius 1 is 1.12 bits per heavy atom. The van der Waals surface area contributed by atoms with Gasteiger partial charge in [-0.2, -0.15) is 0 Å². The summed E-state index contributed by atoms with van der Waals surface area (Å²) < 4.78 is 43.3. The van der Waals surface area contributed by atoms with Crippen molar-refractivity contribution in [2.24, 2.45) is 0 Å².